The van der Waals surface area contributed by atoms with Gasteiger partial charge in [0.25, 0.3) is 0 Å². The fraction of sp³-hybridized carbons (Fsp3) is 0.615. The third kappa shape index (κ3) is 4.00. The highest BCUT2D eigenvalue weighted by Crippen LogP contribution is 2.19. The first-order valence-corrected chi connectivity index (χ1v) is 5.70. The summed E-state index contributed by atoms with van der Waals surface area (Å²) in [5, 5.41) is 0. The van der Waals surface area contributed by atoms with Gasteiger partial charge >= 0.3 is 0 Å². The van der Waals surface area contributed by atoms with Gasteiger partial charge in [-0.25, -0.2) is 0 Å². The van der Waals surface area contributed by atoms with Gasteiger partial charge in [-0.15, -0.1) is 0 Å². The number of hydrogen-bond acceptors (Lipinski definition) is 2. The smallest absolute Gasteiger partial charge is 0.0379 e. The summed E-state index contributed by atoms with van der Waals surface area (Å²) in [6, 6.07) is 4.35. The van der Waals surface area contributed by atoms with Gasteiger partial charge in [-0.2, -0.15) is 0 Å². The standard InChI is InChI=1S/C13H22N2/c1-9(2)5-6-13(14)12-7-10(3)15-11(4)8-12/h7-9,13H,5-6,14H2,1-4H3. The molecule has 0 saturated carbocycles. The maximum Gasteiger partial charge on any atom is 0.0379 e. The average Bonchev–Trinajstić information content (AvgIpc) is 2.12. The molecule has 2 heteroatoms. The van der Waals surface area contributed by atoms with E-state index in [1.165, 1.54) is 12.0 Å². The Morgan fingerprint density at radius 2 is 1.67 bits per heavy atom. The van der Waals surface area contributed by atoms with Crippen molar-refractivity contribution in [3.05, 3.63) is 29.1 Å². The quantitative estimate of drug-likeness (QED) is 0.822. The second-order valence-corrected chi connectivity index (χ2v) is 4.76. The molecule has 1 aromatic rings. The molecule has 0 saturated heterocycles. The second kappa shape index (κ2) is 5.26. The first kappa shape index (κ1) is 12.2. The highest BCUT2D eigenvalue weighted by molar-refractivity contribution is 5.23. The molecule has 1 rings (SSSR count). The third-order valence-corrected chi connectivity index (χ3v) is 2.59. The van der Waals surface area contributed by atoms with Crippen LogP contribution in [0.25, 0.3) is 0 Å². The van der Waals surface area contributed by atoms with Gasteiger partial charge in [-0.3, -0.25) is 4.98 Å². The minimum absolute atomic E-state index is 0.160. The molecule has 2 N–H and O–H groups in total. The van der Waals surface area contributed by atoms with Crippen molar-refractivity contribution in [3.63, 3.8) is 0 Å². The molecule has 0 aliphatic heterocycles. The van der Waals surface area contributed by atoms with Gasteiger partial charge in [-0.05, 0) is 50.3 Å². The van der Waals surface area contributed by atoms with Gasteiger partial charge in [0.1, 0.15) is 0 Å². The van der Waals surface area contributed by atoms with Crippen LogP contribution in [0.3, 0.4) is 0 Å². The van der Waals surface area contributed by atoms with Crippen LogP contribution >= 0.6 is 0 Å². The van der Waals surface area contributed by atoms with E-state index in [-0.39, 0.29) is 6.04 Å². The number of aromatic nitrogens is 1. The Labute approximate surface area is 92.9 Å². The number of hydrogen-bond donors (Lipinski definition) is 1. The van der Waals surface area contributed by atoms with E-state index >= 15 is 0 Å². The van der Waals surface area contributed by atoms with Gasteiger partial charge < -0.3 is 5.73 Å². The molecule has 0 fully saturated rings. The average molecular weight is 206 g/mol. The van der Waals surface area contributed by atoms with Crippen LogP contribution in [-0.2, 0) is 0 Å². The number of nitrogens with zero attached hydrogens (tertiary/aromatic N) is 1. The zero-order valence-corrected chi connectivity index (χ0v) is 10.2. The lowest BCUT2D eigenvalue weighted by Gasteiger charge is -2.14. The summed E-state index contributed by atoms with van der Waals surface area (Å²) >= 11 is 0. The summed E-state index contributed by atoms with van der Waals surface area (Å²) < 4.78 is 0. The molecular formula is C13H22N2. The molecule has 0 bridgehead atoms. The molecule has 1 unspecified atom stereocenters. The van der Waals surface area contributed by atoms with Crippen LogP contribution in [0.1, 0.15) is 49.7 Å². The van der Waals surface area contributed by atoms with E-state index in [1.807, 2.05) is 13.8 Å². The Kier molecular flexibility index (Phi) is 4.28. The fourth-order valence-corrected chi connectivity index (χ4v) is 1.76. The highest BCUT2D eigenvalue weighted by Gasteiger charge is 2.08. The topological polar surface area (TPSA) is 38.9 Å². The molecule has 1 aromatic heterocycles. The lowest BCUT2D eigenvalue weighted by Crippen LogP contribution is -2.12. The van der Waals surface area contributed by atoms with Crippen LogP contribution < -0.4 is 5.73 Å². The largest absolute Gasteiger partial charge is 0.324 e. The third-order valence-electron chi connectivity index (χ3n) is 2.59. The minimum atomic E-state index is 0.160. The van der Waals surface area contributed by atoms with Crippen molar-refractivity contribution >= 4 is 0 Å². The van der Waals surface area contributed by atoms with Crippen molar-refractivity contribution in [2.45, 2.75) is 46.6 Å². The summed E-state index contributed by atoms with van der Waals surface area (Å²) in [5.74, 6) is 0.722. The maximum atomic E-state index is 6.15. The normalized spacial score (nSPS) is 13.2. The number of rotatable bonds is 4. The van der Waals surface area contributed by atoms with Crippen LogP contribution in [-0.4, -0.2) is 4.98 Å². The van der Waals surface area contributed by atoms with Crippen molar-refractivity contribution in [3.8, 4) is 0 Å². The van der Waals surface area contributed by atoms with Crippen LogP contribution in [0.2, 0.25) is 0 Å². The van der Waals surface area contributed by atoms with Crippen LogP contribution in [0.5, 0.6) is 0 Å². The van der Waals surface area contributed by atoms with Gasteiger partial charge in [0.2, 0.25) is 0 Å². The number of pyridine rings is 1. The van der Waals surface area contributed by atoms with E-state index in [0.29, 0.717) is 0 Å². The van der Waals surface area contributed by atoms with E-state index in [0.717, 1.165) is 23.7 Å². The van der Waals surface area contributed by atoms with Gasteiger partial charge in [0.05, 0.1) is 0 Å². The Morgan fingerprint density at radius 1 is 1.13 bits per heavy atom. The monoisotopic (exact) mass is 206 g/mol. The maximum absolute atomic E-state index is 6.15. The number of aryl methyl sites for hydroxylation is 2. The molecule has 0 aromatic carbocycles. The molecule has 15 heavy (non-hydrogen) atoms. The van der Waals surface area contributed by atoms with Crippen LogP contribution in [0, 0.1) is 19.8 Å². The summed E-state index contributed by atoms with van der Waals surface area (Å²) in [4.78, 5) is 4.36. The van der Waals surface area contributed by atoms with Crippen LogP contribution in [0.4, 0.5) is 0 Å². The molecule has 0 aliphatic carbocycles. The summed E-state index contributed by atoms with van der Waals surface area (Å²) in [6.07, 6.45) is 2.24. The van der Waals surface area contributed by atoms with Gasteiger partial charge in [0.15, 0.2) is 0 Å². The summed E-state index contributed by atoms with van der Waals surface area (Å²) in [7, 11) is 0. The highest BCUT2D eigenvalue weighted by atomic mass is 14.7. The van der Waals surface area contributed by atoms with Crippen molar-refractivity contribution in [2.75, 3.05) is 0 Å². The summed E-state index contributed by atoms with van der Waals surface area (Å²) in [6.45, 7) is 8.50. The molecule has 0 aliphatic rings. The number of nitrogens with two attached hydrogens (primary N) is 1. The molecule has 1 atom stereocenters. The Balaban J connectivity index is 2.68. The zero-order valence-electron chi connectivity index (χ0n) is 10.2. The first-order valence-electron chi connectivity index (χ1n) is 5.70. The van der Waals surface area contributed by atoms with E-state index in [2.05, 4.69) is 31.0 Å². The van der Waals surface area contributed by atoms with E-state index < -0.39 is 0 Å². The Hall–Kier alpha value is -0.890. The lowest BCUT2D eigenvalue weighted by atomic mass is 9.98. The fourth-order valence-electron chi connectivity index (χ4n) is 1.76. The van der Waals surface area contributed by atoms with Gasteiger partial charge in [-0.1, -0.05) is 13.8 Å². The van der Waals surface area contributed by atoms with E-state index in [9.17, 15) is 0 Å². The molecule has 84 valence electrons. The molecule has 2 nitrogen and oxygen atoms in total. The zero-order chi connectivity index (χ0) is 11.4. The molecule has 0 radical (unpaired) electrons. The minimum Gasteiger partial charge on any atom is -0.324 e. The predicted octanol–water partition coefficient (Wildman–Crippen LogP) is 3.13. The van der Waals surface area contributed by atoms with Crippen molar-refractivity contribution in [1.82, 2.24) is 4.98 Å². The summed E-state index contributed by atoms with van der Waals surface area (Å²) in [5.41, 5.74) is 9.50. The molecule has 0 amide bonds. The molecule has 0 spiro atoms. The van der Waals surface area contributed by atoms with Gasteiger partial charge in [0, 0.05) is 17.4 Å². The lowest BCUT2D eigenvalue weighted by molar-refractivity contribution is 0.506. The van der Waals surface area contributed by atoms with E-state index in [4.69, 9.17) is 5.73 Å². The first-order chi connectivity index (χ1) is 6.99. The predicted molar refractivity (Wildman–Crippen MR) is 64.7 cm³/mol. The Bertz CT molecular complexity index is 298. The Morgan fingerprint density at radius 3 is 2.13 bits per heavy atom. The second-order valence-electron chi connectivity index (χ2n) is 4.76. The van der Waals surface area contributed by atoms with Crippen LogP contribution in [0.15, 0.2) is 12.1 Å². The SMILES string of the molecule is Cc1cc(C(N)CCC(C)C)cc(C)n1. The molecule has 1 heterocycles. The molecular weight excluding hydrogens is 184 g/mol. The van der Waals surface area contributed by atoms with Crippen molar-refractivity contribution in [2.24, 2.45) is 11.7 Å². The van der Waals surface area contributed by atoms with Crippen molar-refractivity contribution < 1.29 is 0 Å². The van der Waals surface area contributed by atoms with Crippen molar-refractivity contribution in [1.29, 1.82) is 0 Å². The van der Waals surface area contributed by atoms with E-state index in [1.54, 1.807) is 0 Å².